The third-order valence-corrected chi connectivity index (χ3v) is 3.96. The lowest BCUT2D eigenvalue weighted by molar-refractivity contribution is 0.435. The number of aromatic nitrogens is 3. The molecular formula is C20H14N4O2. The molecule has 0 amide bonds. The Labute approximate surface area is 148 Å². The Morgan fingerprint density at radius 2 is 1.58 bits per heavy atom. The van der Waals surface area contributed by atoms with E-state index >= 15 is 0 Å². The van der Waals surface area contributed by atoms with Crippen LogP contribution in [0.15, 0.2) is 82.8 Å². The normalized spacial score (nSPS) is 11.2. The van der Waals surface area contributed by atoms with Crippen LogP contribution in [-0.2, 0) is 0 Å². The van der Waals surface area contributed by atoms with E-state index in [-0.39, 0.29) is 11.4 Å². The van der Waals surface area contributed by atoms with Crippen LogP contribution in [0.5, 0.6) is 5.88 Å². The van der Waals surface area contributed by atoms with Gasteiger partial charge in [-0.2, -0.15) is 0 Å². The van der Waals surface area contributed by atoms with Crippen molar-refractivity contribution in [3.05, 3.63) is 89.0 Å². The van der Waals surface area contributed by atoms with Crippen molar-refractivity contribution in [1.82, 2.24) is 14.5 Å². The summed E-state index contributed by atoms with van der Waals surface area (Å²) in [7, 11) is 0. The minimum absolute atomic E-state index is 0.216. The number of pyridine rings is 3. The van der Waals surface area contributed by atoms with Crippen molar-refractivity contribution >= 4 is 22.8 Å². The number of hydrogen-bond acceptors (Lipinski definition) is 5. The van der Waals surface area contributed by atoms with Gasteiger partial charge >= 0.3 is 0 Å². The molecule has 0 saturated heterocycles. The van der Waals surface area contributed by atoms with E-state index in [1.807, 2.05) is 12.1 Å². The summed E-state index contributed by atoms with van der Waals surface area (Å²) in [6.45, 7) is 0. The van der Waals surface area contributed by atoms with Crippen molar-refractivity contribution in [2.24, 2.45) is 4.99 Å². The van der Waals surface area contributed by atoms with Crippen LogP contribution in [0.3, 0.4) is 0 Å². The van der Waals surface area contributed by atoms with Gasteiger partial charge in [-0.05, 0) is 30.3 Å². The topological polar surface area (TPSA) is 80.4 Å². The van der Waals surface area contributed by atoms with Gasteiger partial charge in [0.1, 0.15) is 5.82 Å². The first-order valence-electron chi connectivity index (χ1n) is 7.99. The van der Waals surface area contributed by atoms with E-state index in [9.17, 15) is 9.90 Å². The number of fused-ring (bicyclic) bond motifs is 1. The molecule has 4 rings (SSSR count). The van der Waals surface area contributed by atoms with Crippen LogP contribution >= 0.6 is 0 Å². The molecule has 0 aliphatic rings. The second-order valence-electron chi connectivity index (χ2n) is 5.56. The van der Waals surface area contributed by atoms with Gasteiger partial charge in [-0.15, -0.1) is 0 Å². The van der Waals surface area contributed by atoms with Gasteiger partial charge < -0.3 is 5.11 Å². The molecule has 6 nitrogen and oxygen atoms in total. The molecule has 0 bridgehead atoms. The maximum absolute atomic E-state index is 12.9. The van der Waals surface area contributed by atoms with Crippen LogP contribution in [0.4, 0.5) is 5.82 Å². The third kappa shape index (κ3) is 2.73. The van der Waals surface area contributed by atoms with Gasteiger partial charge in [0.2, 0.25) is 5.88 Å². The van der Waals surface area contributed by atoms with E-state index in [0.29, 0.717) is 28.0 Å². The number of rotatable bonds is 3. The molecule has 0 radical (unpaired) electrons. The highest BCUT2D eigenvalue weighted by atomic mass is 16.3. The van der Waals surface area contributed by atoms with Gasteiger partial charge in [0.25, 0.3) is 5.56 Å². The molecule has 6 heteroatoms. The van der Waals surface area contributed by atoms with Gasteiger partial charge in [0, 0.05) is 29.4 Å². The Morgan fingerprint density at radius 3 is 2.27 bits per heavy atom. The molecule has 126 valence electrons. The molecule has 0 unspecified atom stereocenters. The highest BCUT2D eigenvalue weighted by Crippen LogP contribution is 2.25. The lowest BCUT2D eigenvalue weighted by Crippen LogP contribution is -2.20. The number of nitrogens with zero attached hydrogens (tertiary/aromatic N) is 4. The average Bonchev–Trinajstić information content (AvgIpc) is 2.70. The molecular weight excluding hydrogens is 328 g/mol. The minimum Gasteiger partial charge on any atom is -0.494 e. The van der Waals surface area contributed by atoms with Crippen LogP contribution < -0.4 is 5.56 Å². The van der Waals surface area contributed by atoms with Gasteiger partial charge in [-0.25, -0.2) is 19.5 Å². The predicted molar refractivity (Wildman–Crippen MR) is 100 cm³/mol. The molecule has 3 heterocycles. The zero-order valence-corrected chi connectivity index (χ0v) is 13.6. The number of aliphatic imine (C=N–C) groups is 1. The maximum atomic E-state index is 12.9. The molecule has 3 aromatic heterocycles. The quantitative estimate of drug-likeness (QED) is 0.580. The van der Waals surface area contributed by atoms with Crippen LogP contribution in [0.25, 0.3) is 16.6 Å². The zero-order valence-electron chi connectivity index (χ0n) is 13.6. The largest absolute Gasteiger partial charge is 0.494 e. The Balaban J connectivity index is 2.00. The standard InChI is InChI=1S/C20H14N4O2/c25-19-15-8-2-1-7-14(15)16(13-23-17-9-3-5-11-21-17)20(26)24(19)18-10-4-6-12-22-18/h1-13,26H. The fourth-order valence-electron chi connectivity index (χ4n) is 2.75. The highest BCUT2D eigenvalue weighted by molar-refractivity contribution is 6.02. The van der Waals surface area contributed by atoms with E-state index in [1.54, 1.807) is 60.9 Å². The molecule has 0 saturated carbocycles. The Kier molecular flexibility index (Phi) is 3.99. The van der Waals surface area contributed by atoms with Crippen molar-refractivity contribution in [3.8, 4) is 11.7 Å². The van der Waals surface area contributed by atoms with Gasteiger partial charge in [-0.3, -0.25) is 4.79 Å². The zero-order chi connectivity index (χ0) is 17.9. The Morgan fingerprint density at radius 1 is 0.885 bits per heavy atom. The number of hydrogen-bond donors (Lipinski definition) is 1. The molecule has 0 spiro atoms. The number of aromatic hydroxyl groups is 1. The Hall–Kier alpha value is -3.80. The molecule has 0 aliphatic carbocycles. The van der Waals surface area contributed by atoms with Crippen molar-refractivity contribution in [1.29, 1.82) is 0 Å². The second kappa shape index (κ2) is 6.60. The summed E-state index contributed by atoms with van der Waals surface area (Å²) < 4.78 is 1.18. The van der Waals surface area contributed by atoms with Gasteiger partial charge in [0.05, 0.1) is 5.56 Å². The summed E-state index contributed by atoms with van der Waals surface area (Å²) in [6, 6.07) is 17.6. The molecule has 4 aromatic rings. The lowest BCUT2D eigenvalue weighted by atomic mass is 10.1. The highest BCUT2D eigenvalue weighted by Gasteiger charge is 2.16. The van der Waals surface area contributed by atoms with Crippen LogP contribution in [-0.4, -0.2) is 25.9 Å². The van der Waals surface area contributed by atoms with Crippen LogP contribution in [0.2, 0.25) is 0 Å². The smallest absolute Gasteiger partial charge is 0.267 e. The van der Waals surface area contributed by atoms with E-state index in [0.717, 1.165) is 0 Å². The maximum Gasteiger partial charge on any atom is 0.267 e. The molecule has 0 atom stereocenters. The molecule has 0 aliphatic heterocycles. The summed E-state index contributed by atoms with van der Waals surface area (Å²) in [5, 5.41) is 11.9. The lowest BCUT2D eigenvalue weighted by Gasteiger charge is -2.12. The first kappa shape index (κ1) is 15.7. The molecule has 26 heavy (non-hydrogen) atoms. The van der Waals surface area contributed by atoms with Crippen molar-refractivity contribution in [2.75, 3.05) is 0 Å². The van der Waals surface area contributed by atoms with Gasteiger partial charge in [-0.1, -0.05) is 30.3 Å². The summed E-state index contributed by atoms with van der Waals surface area (Å²) in [4.78, 5) is 25.5. The van der Waals surface area contributed by atoms with E-state index < -0.39 is 0 Å². The second-order valence-corrected chi connectivity index (χ2v) is 5.56. The van der Waals surface area contributed by atoms with Crippen LogP contribution in [0.1, 0.15) is 5.56 Å². The first-order chi connectivity index (χ1) is 12.8. The SMILES string of the molecule is O=c1c2ccccc2c(C=Nc2ccccn2)c(O)n1-c1ccccn1. The van der Waals surface area contributed by atoms with E-state index in [4.69, 9.17) is 0 Å². The fraction of sp³-hybridized carbons (Fsp3) is 0. The van der Waals surface area contributed by atoms with Crippen LogP contribution in [0, 0.1) is 0 Å². The fourth-order valence-corrected chi connectivity index (χ4v) is 2.75. The molecule has 0 fully saturated rings. The monoisotopic (exact) mass is 342 g/mol. The minimum atomic E-state index is -0.341. The summed E-state index contributed by atoms with van der Waals surface area (Å²) in [5.41, 5.74) is 0.0864. The number of benzene rings is 1. The predicted octanol–water partition coefficient (Wildman–Crippen LogP) is 3.24. The third-order valence-electron chi connectivity index (χ3n) is 3.96. The summed E-state index contributed by atoms with van der Waals surface area (Å²) in [5.74, 6) is 0.631. The summed E-state index contributed by atoms with van der Waals surface area (Å²) >= 11 is 0. The first-order valence-corrected chi connectivity index (χ1v) is 7.99. The van der Waals surface area contributed by atoms with E-state index in [2.05, 4.69) is 15.0 Å². The van der Waals surface area contributed by atoms with Gasteiger partial charge in [0.15, 0.2) is 5.82 Å². The van der Waals surface area contributed by atoms with Crippen molar-refractivity contribution < 1.29 is 5.11 Å². The van der Waals surface area contributed by atoms with E-state index in [1.165, 1.54) is 10.8 Å². The Bertz CT molecular complexity index is 1150. The average molecular weight is 342 g/mol. The van der Waals surface area contributed by atoms with Crippen molar-refractivity contribution in [3.63, 3.8) is 0 Å². The molecule has 1 N–H and O–H groups in total. The molecule has 1 aromatic carbocycles. The van der Waals surface area contributed by atoms with Crippen molar-refractivity contribution in [2.45, 2.75) is 0 Å². The summed E-state index contributed by atoms with van der Waals surface area (Å²) in [6.07, 6.45) is 4.72.